The molecule has 0 aliphatic rings. The average Bonchev–Trinajstić information content (AvgIpc) is 3.45. The number of hydrogen-bond donors (Lipinski definition) is 3. The normalized spacial score (nSPS) is 10.9. The third-order valence-electron chi connectivity index (χ3n) is 5.21. The summed E-state index contributed by atoms with van der Waals surface area (Å²) in [6.45, 7) is 4.65. The molecule has 4 aromatic rings. The Kier molecular flexibility index (Phi) is 6.16. The molecule has 8 nitrogen and oxygen atoms in total. The van der Waals surface area contributed by atoms with E-state index in [1.54, 1.807) is 0 Å². The molecule has 4 rings (SSSR count). The molecule has 158 valence electrons. The Morgan fingerprint density at radius 3 is 2.52 bits per heavy atom. The number of aryl methyl sites for hydroxylation is 1. The first-order chi connectivity index (χ1) is 15.2. The van der Waals surface area contributed by atoms with Gasteiger partial charge in [0, 0.05) is 24.2 Å². The zero-order valence-electron chi connectivity index (χ0n) is 17.6. The number of amides is 1. The lowest BCUT2D eigenvalue weighted by Gasteiger charge is -2.09. The molecule has 0 saturated heterocycles. The topological polar surface area (TPSA) is 112 Å². The smallest absolute Gasteiger partial charge is 0.255 e. The molecule has 31 heavy (non-hydrogen) atoms. The summed E-state index contributed by atoms with van der Waals surface area (Å²) in [4.78, 5) is 12.6. The summed E-state index contributed by atoms with van der Waals surface area (Å²) in [6, 6.07) is 16.2. The van der Waals surface area contributed by atoms with Crippen LogP contribution in [0.25, 0.3) is 22.5 Å². The van der Waals surface area contributed by atoms with Crippen LogP contribution in [0.4, 0.5) is 0 Å². The Balaban J connectivity index is 1.54. The van der Waals surface area contributed by atoms with Gasteiger partial charge >= 0.3 is 0 Å². The monoisotopic (exact) mass is 415 g/mol. The molecule has 0 bridgehead atoms. The highest BCUT2D eigenvalue weighted by molar-refractivity contribution is 5.96. The van der Waals surface area contributed by atoms with Crippen molar-refractivity contribution in [2.24, 2.45) is 0 Å². The van der Waals surface area contributed by atoms with Crippen LogP contribution >= 0.6 is 0 Å². The van der Waals surface area contributed by atoms with Crippen molar-refractivity contribution in [2.75, 3.05) is 6.54 Å². The van der Waals surface area contributed by atoms with Gasteiger partial charge in [0.05, 0.1) is 11.3 Å². The SMILES string of the molecule is CCCCNC(=O)c1c(Cc2ccc(-c3ccccc3-c3nn[nH]n3)cc2)n[nH]c1C. The number of nitrogens with one attached hydrogen (secondary N) is 3. The number of rotatable bonds is 8. The molecule has 0 fully saturated rings. The van der Waals surface area contributed by atoms with Gasteiger partial charge in [-0.15, -0.1) is 10.2 Å². The maximum atomic E-state index is 12.6. The Morgan fingerprint density at radius 2 is 1.81 bits per heavy atom. The van der Waals surface area contributed by atoms with E-state index in [-0.39, 0.29) is 5.91 Å². The van der Waals surface area contributed by atoms with E-state index in [1.165, 1.54) is 0 Å². The summed E-state index contributed by atoms with van der Waals surface area (Å²) < 4.78 is 0. The largest absolute Gasteiger partial charge is 0.352 e. The predicted octanol–water partition coefficient (Wildman–Crippen LogP) is 3.69. The number of aromatic amines is 2. The number of aromatic nitrogens is 6. The minimum atomic E-state index is -0.0691. The molecule has 0 unspecified atom stereocenters. The lowest BCUT2D eigenvalue weighted by Crippen LogP contribution is -2.25. The summed E-state index contributed by atoms with van der Waals surface area (Å²) in [6.07, 6.45) is 2.58. The van der Waals surface area contributed by atoms with E-state index < -0.39 is 0 Å². The summed E-state index contributed by atoms with van der Waals surface area (Å²) in [5, 5.41) is 24.7. The first-order valence-corrected chi connectivity index (χ1v) is 10.4. The molecule has 2 heterocycles. The van der Waals surface area contributed by atoms with Crippen molar-refractivity contribution in [3.63, 3.8) is 0 Å². The van der Waals surface area contributed by atoms with Crippen molar-refractivity contribution in [1.29, 1.82) is 0 Å². The molecule has 2 aromatic heterocycles. The van der Waals surface area contributed by atoms with Crippen LogP contribution < -0.4 is 5.32 Å². The van der Waals surface area contributed by atoms with Gasteiger partial charge in [0.15, 0.2) is 0 Å². The highest BCUT2D eigenvalue weighted by atomic mass is 16.1. The van der Waals surface area contributed by atoms with E-state index >= 15 is 0 Å². The molecule has 8 heteroatoms. The van der Waals surface area contributed by atoms with Crippen LogP contribution in [-0.4, -0.2) is 43.3 Å². The number of carbonyl (C=O) groups is 1. The highest BCUT2D eigenvalue weighted by Crippen LogP contribution is 2.30. The molecular formula is C23H25N7O. The number of nitrogens with zero attached hydrogens (tertiary/aromatic N) is 4. The third-order valence-corrected chi connectivity index (χ3v) is 5.21. The zero-order valence-corrected chi connectivity index (χ0v) is 17.6. The first-order valence-electron chi connectivity index (χ1n) is 10.4. The van der Waals surface area contributed by atoms with Crippen LogP contribution in [0.5, 0.6) is 0 Å². The molecular weight excluding hydrogens is 390 g/mol. The quantitative estimate of drug-likeness (QED) is 0.380. The van der Waals surface area contributed by atoms with Gasteiger partial charge < -0.3 is 5.32 Å². The molecule has 0 radical (unpaired) electrons. The molecule has 3 N–H and O–H groups in total. The Labute approximate surface area is 180 Å². The number of carbonyl (C=O) groups excluding carboxylic acids is 1. The fourth-order valence-electron chi connectivity index (χ4n) is 3.58. The molecule has 0 spiro atoms. The number of H-pyrrole nitrogens is 2. The number of benzene rings is 2. The Morgan fingerprint density at radius 1 is 1.03 bits per heavy atom. The van der Waals surface area contributed by atoms with Gasteiger partial charge in [-0.2, -0.15) is 10.3 Å². The predicted molar refractivity (Wildman–Crippen MR) is 118 cm³/mol. The molecule has 0 aliphatic carbocycles. The third kappa shape index (κ3) is 4.53. The van der Waals surface area contributed by atoms with Gasteiger partial charge in [-0.3, -0.25) is 9.89 Å². The molecule has 1 amide bonds. The van der Waals surface area contributed by atoms with Crippen molar-refractivity contribution >= 4 is 5.91 Å². The standard InChI is InChI=1S/C23H25N7O/c1-3-4-13-24-23(31)21-15(2)25-26-20(21)14-16-9-11-17(12-10-16)18-7-5-6-8-19(18)22-27-29-30-28-22/h5-12H,3-4,13-14H2,1-2H3,(H,24,31)(H,25,26)(H,27,28,29,30). The van der Waals surface area contributed by atoms with Gasteiger partial charge in [0.2, 0.25) is 5.82 Å². The second-order valence-corrected chi connectivity index (χ2v) is 7.43. The van der Waals surface area contributed by atoms with E-state index in [1.807, 2.05) is 31.2 Å². The van der Waals surface area contributed by atoms with E-state index in [4.69, 9.17) is 0 Å². The van der Waals surface area contributed by atoms with Gasteiger partial charge in [-0.1, -0.05) is 61.9 Å². The van der Waals surface area contributed by atoms with Crippen molar-refractivity contribution in [2.45, 2.75) is 33.1 Å². The van der Waals surface area contributed by atoms with Gasteiger partial charge in [0.25, 0.3) is 5.91 Å². The first kappa shape index (κ1) is 20.5. The maximum Gasteiger partial charge on any atom is 0.255 e. The second kappa shape index (κ2) is 9.34. The minimum Gasteiger partial charge on any atom is -0.352 e. The van der Waals surface area contributed by atoms with E-state index in [0.29, 0.717) is 24.4 Å². The number of unbranched alkanes of at least 4 members (excludes halogenated alkanes) is 1. The zero-order chi connectivity index (χ0) is 21.6. The summed E-state index contributed by atoms with van der Waals surface area (Å²) >= 11 is 0. The number of tetrazole rings is 1. The molecule has 0 aliphatic heterocycles. The van der Waals surface area contributed by atoms with E-state index in [9.17, 15) is 4.79 Å². The second-order valence-electron chi connectivity index (χ2n) is 7.43. The summed E-state index contributed by atoms with van der Waals surface area (Å²) in [5.41, 5.74) is 6.26. The lowest BCUT2D eigenvalue weighted by atomic mass is 9.97. The maximum absolute atomic E-state index is 12.6. The fourth-order valence-corrected chi connectivity index (χ4v) is 3.58. The van der Waals surface area contributed by atoms with Crippen LogP contribution in [0, 0.1) is 6.92 Å². The van der Waals surface area contributed by atoms with Crippen molar-refractivity contribution in [3.05, 3.63) is 71.0 Å². The van der Waals surface area contributed by atoms with Crippen molar-refractivity contribution in [3.8, 4) is 22.5 Å². The van der Waals surface area contributed by atoms with Gasteiger partial charge in [0.1, 0.15) is 0 Å². The van der Waals surface area contributed by atoms with Crippen LogP contribution in [-0.2, 0) is 6.42 Å². The number of hydrogen-bond acceptors (Lipinski definition) is 5. The Bertz CT molecular complexity index is 1150. The summed E-state index contributed by atoms with van der Waals surface area (Å²) in [5.74, 6) is 0.491. The van der Waals surface area contributed by atoms with Crippen LogP contribution in [0.2, 0.25) is 0 Å². The lowest BCUT2D eigenvalue weighted by molar-refractivity contribution is 0.0952. The van der Waals surface area contributed by atoms with E-state index in [2.05, 4.69) is 67.3 Å². The van der Waals surface area contributed by atoms with E-state index in [0.717, 1.165) is 46.5 Å². The van der Waals surface area contributed by atoms with Gasteiger partial charge in [-0.25, -0.2) is 0 Å². The highest BCUT2D eigenvalue weighted by Gasteiger charge is 2.18. The van der Waals surface area contributed by atoms with Crippen LogP contribution in [0.1, 0.15) is 47.1 Å². The molecule has 2 aromatic carbocycles. The summed E-state index contributed by atoms with van der Waals surface area (Å²) in [7, 11) is 0. The van der Waals surface area contributed by atoms with Crippen LogP contribution in [0.15, 0.2) is 48.5 Å². The van der Waals surface area contributed by atoms with Gasteiger partial charge in [-0.05, 0) is 35.2 Å². The van der Waals surface area contributed by atoms with Crippen molar-refractivity contribution in [1.82, 2.24) is 36.1 Å². The molecule has 0 saturated carbocycles. The van der Waals surface area contributed by atoms with Crippen LogP contribution in [0.3, 0.4) is 0 Å². The minimum absolute atomic E-state index is 0.0691. The Hall–Kier alpha value is -3.81. The average molecular weight is 416 g/mol. The molecule has 0 atom stereocenters. The fraction of sp³-hybridized carbons (Fsp3) is 0.261. The van der Waals surface area contributed by atoms with Crippen molar-refractivity contribution < 1.29 is 4.79 Å².